The molecule has 6 nitrogen and oxygen atoms in total. The van der Waals surface area contributed by atoms with Gasteiger partial charge in [-0.3, -0.25) is 9.78 Å². The van der Waals surface area contributed by atoms with Crippen LogP contribution >= 0.6 is 0 Å². The monoisotopic (exact) mass is 263 g/mol. The number of nitrogens with zero attached hydrogens (tertiary/aromatic N) is 2. The van der Waals surface area contributed by atoms with Crippen molar-refractivity contribution in [1.29, 1.82) is 0 Å². The summed E-state index contributed by atoms with van der Waals surface area (Å²) in [5, 5.41) is 11.5. The van der Waals surface area contributed by atoms with Crippen LogP contribution < -0.4 is 5.32 Å². The number of nitrogens with one attached hydrogen (secondary N) is 1. The Hall–Kier alpha value is -2.11. The molecule has 1 aliphatic heterocycles. The number of amides is 2. The smallest absolute Gasteiger partial charge is 0.317 e. The fourth-order valence-electron chi connectivity index (χ4n) is 2.10. The van der Waals surface area contributed by atoms with E-state index in [2.05, 4.69) is 10.3 Å². The van der Waals surface area contributed by atoms with Crippen LogP contribution in [0.3, 0.4) is 0 Å². The number of pyridine rings is 1. The summed E-state index contributed by atoms with van der Waals surface area (Å²) in [5.41, 5.74) is 0.943. The van der Waals surface area contributed by atoms with Crippen molar-refractivity contribution in [2.45, 2.75) is 19.4 Å². The Morgan fingerprint density at radius 2 is 2.32 bits per heavy atom. The summed E-state index contributed by atoms with van der Waals surface area (Å²) >= 11 is 0. The highest BCUT2D eigenvalue weighted by Crippen LogP contribution is 2.20. The minimum Gasteiger partial charge on any atom is -0.481 e. The molecule has 1 aromatic rings. The van der Waals surface area contributed by atoms with E-state index in [1.54, 1.807) is 17.3 Å². The van der Waals surface area contributed by atoms with Crippen LogP contribution in [-0.2, 0) is 4.79 Å². The molecule has 1 aliphatic rings. The van der Waals surface area contributed by atoms with Crippen molar-refractivity contribution in [1.82, 2.24) is 15.2 Å². The number of aliphatic carboxylic acids is 1. The van der Waals surface area contributed by atoms with Crippen LogP contribution in [0.1, 0.15) is 24.9 Å². The van der Waals surface area contributed by atoms with Crippen LogP contribution in [-0.4, -0.2) is 40.1 Å². The van der Waals surface area contributed by atoms with Crippen molar-refractivity contribution >= 4 is 12.0 Å². The molecule has 2 N–H and O–H groups in total. The second kappa shape index (κ2) is 5.69. The molecule has 0 saturated carbocycles. The molecule has 1 saturated heterocycles. The highest BCUT2D eigenvalue weighted by molar-refractivity contribution is 5.76. The summed E-state index contributed by atoms with van der Waals surface area (Å²) in [6, 6.07) is 3.46. The normalized spacial score (nSPS) is 16.6. The van der Waals surface area contributed by atoms with E-state index < -0.39 is 5.97 Å². The van der Waals surface area contributed by atoms with Crippen LogP contribution in [0.2, 0.25) is 0 Å². The van der Waals surface area contributed by atoms with Gasteiger partial charge in [0.25, 0.3) is 0 Å². The number of carbonyl (C=O) groups is 2. The van der Waals surface area contributed by atoms with E-state index in [1.807, 2.05) is 19.1 Å². The summed E-state index contributed by atoms with van der Waals surface area (Å²) in [6.45, 7) is 2.92. The van der Waals surface area contributed by atoms with Gasteiger partial charge >= 0.3 is 12.0 Å². The lowest BCUT2D eigenvalue weighted by Gasteiger charge is -2.39. The Bertz CT molecular complexity index is 457. The lowest BCUT2D eigenvalue weighted by Crippen LogP contribution is -2.54. The third-order valence-corrected chi connectivity index (χ3v) is 3.23. The minimum atomic E-state index is -0.811. The molecule has 1 atom stereocenters. The maximum atomic E-state index is 11.9. The van der Waals surface area contributed by atoms with Gasteiger partial charge in [-0.05, 0) is 18.6 Å². The fourth-order valence-corrected chi connectivity index (χ4v) is 2.10. The van der Waals surface area contributed by atoms with E-state index in [0.29, 0.717) is 13.1 Å². The van der Waals surface area contributed by atoms with E-state index in [9.17, 15) is 9.59 Å². The second-order valence-corrected chi connectivity index (χ2v) is 4.83. The third kappa shape index (κ3) is 3.43. The Labute approximate surface area is 111 Å². The summed E-state index contributed by atoms with van der Waals surface area (Å²) in [5.74, 6) is -0.731. The highest BCUT2D eigenvalue weighted by Gasteiger charge is 2.32. The average molecular weight is 263 g/mol. The van der Waals surface area contributed by atoms with Crippen LogP contribution in [0, 0.1) is 5.92 Å². The van der Waals surface area contributed by atoms with E-state index in [4.69, 9.17) is 5.11 Å². The van der Waals surface area contributed by atoms with Crippen molar-refractivity contribution in [2.24, 2.45) is 5.92 Å². The zero-order valence-electron chi connectivity index (χ0n) is 10.7. The molecule has 2 amide bonds. The largest absolute Gasteiger partial charge is 0.481 e. The fraction of sp³-hybridized carbons (Fsp3) is 0.462. The molecule has 0 bridgehead atoms. The molecule has 19 heavy (non-hydrogen) atoms. The van der Waals surface area contributed by atoms with E-state index in [1.165, 1.54) is 0 Å². The summed E-state index contributed by atoms with van der Waals surface area (Å²) in [4.78, 5) is 28.0. The zero-order valence-corrected chi connectivity index (χ0v) is 10.7. The van der Waals surface area contributed by atoms with E-state index in [-0.39, 0.29) is 24.4 Å². The van der Waals surface area contributed by atoms with Gasteiger partial charge < -0.3 is 15.3 Å². The third-order valence-electron chi connectivity index (χ3n) is 3.23. The molecule has 0 spiro atoms. The maximum absolute atomic E-state index is 11.9. The van der Waals surface area contributed by atoms with Gasteiger partial charge in [0.05, 0.1) is 12.5 Å². The first-order chi connectivity index (χ1) is 9.06. The van der Waals surface area contributed by atoms with Crippen LogP contribution in [0.4, 0.5) is 4.79 Å². The SMILES string of the molecule is CC(NC(=O)N1CC(CC(=O)O)C1)c1cccnc1. The lowest BCUT2D eigenvalue weighted by atomic mass is 9.97. The first-order valence-corrected chi connectivity index (χ1v) is 6.23. The molecule has 1 aromatic heterocycles. The number of carboxylic acids is 1. The molecule has 0 aromatic carbocycles. The van der Waals surface area contributed by atoms with Gasteiger partial charge in [-0.2, -0.15) is 0 Å². The number of urea groups is 1. The average Bonchev–Trinajstić information content (AvgIpc) is 2.33. The number of carbonyl (C=O) groups excluding carboxylic acids is 1. The van der Waals surface area contributed by atoms with Crippen LogP contribution in [0.5, 0.6) is 0 Å². The number of hydrogen-bond donors (Lipinski definition) is 2. The van der Waals surface area contributed by atoms with Gasteiger partial charge in [0.15, 0.2) is 0 Å². The molecule has 6 heteroatoms. The minimum absolute atomic E-state index is 0.0805. The molecule has 2 heterocycles. The molecule has 0 aliphatic carbocycles. The zero-order chi connectivity index (χ0) is 13.8. The maximum Gasteiger partial charge on any atom is 0.317 e. The van der Waals surface area contributed by atoms with E-state index in [0.717, 1.165) is 5.56 Å². The topological polar surface area (TPSA) is 82.5 Å². The quantitative estimate of drug-likeness (QED) is 0.856. The number of likely N-dealkylation sites (tertiary alicyclic amines) is 1. The summed E-state index contributed by atoms with van der Waals surface area (Å²) < 4.78 is 0. The van der Waals surface area contributed by atoms with Crippen LogP contribution in [0.25, 0.3) is 0 Å². The van der Waals surface area contributed by atoms with Gasteiger partial charge in [0, 0.05) is 31.4 Å². The Morgan fingerprint density at radius 3 is 2.89 bits per heavy atom. The molecule has 1 unspecified atom stereocenters. The van der Waals surface area contributed by atoms with Crippen molar-refractivity contribution in [3.8, 4) is 0 Å². The first kappa shape index (κ1) is 13.3. The number of rotatable bonds is 4. The lowest BCUT2D eigenvalue weighted by molar-refractivity contribution is -0.139. The van der Waals surface area contributed by atoms with Crippen molar-refractivity contribution in [3.63, 3.8) is 0 Å². The molecule has 102 valence electrons. The molecular weight excluding hydrogens is 246 g/mol. The van der Waals surface area contributed by atoms with Gasteiger partial charge in [0.1, 0.15) is 0 Å². The Balaban J connectivity index is 1.78. The predicted octanol–water partition coefficient (Wildman–Crippen LogP) is 1.26. The van der Waals surface area contributed by atoms with Crippen molar-refractivity contribution in [3.05, 3.63) is 30.1 Å². The van der Waals surface area contributed by atoms with Gasteiger partial charge in [-0.1, -0.05) is 6.07 Å². The molecule has 0 radical (unpaired) electrons. The summed E-state index contributed by atoms with van der Waals surface area (Å²) in [7, 11) is 0. The molecule has 2 rings (SSSR count). The second-order valence-electron chi connectivity index (χ2n) is 4.83. The van der Waals surface area contributed by atoms with Crippen molar-refractivity contribution in [2.75, 3.05) is 13.1 Å². The van der Waals surface area contributed by atoms with Gasteiger partial charge in [-0.25, -0.2) is 4.79 Å². The molecule has 1 fully saturated rings. The van der Waals surface area contributed by atoms with Crippen LogP contribution in [0.15, 0.2) is 24.5 Å². The Kier molecular flexibility index (Phi) is 3.99. The predicted molar refractivity (Wildman–Crippen MR) is 68.5 cm³/mol. The standard InChI is InChI=1S/C13H17N3O3/c1-9(11-3-2-4-14-6-11)15-13(19)16-7-10(8-16)5-12(17)18/h2-4,6,9-10H,5,7-8H2,1H3,(H,15,19)(H,17,18). The number of aromatic nitrogens is 1. The Morgan fingerprint density at radius 1 is 1.58 bits per heavy atom. The number of carboxylic acid groups (broad SMARTS) is 1. The molecular formula is C13H17N3O3. The highest BCUT2D eigenvalue weighted by atomic mass is 16.4. The van der Waals surface area contributed by atoms with Gasteiger partial charge in [-0.15, -0.1) is 0 Å². The summed E-state index contributed by atoms with van der Waals surface area (Å²) in [6.07, 6.45) is 3.53. The van der Waals surface area contributed by atoms with Gasteiger partial charge in [0.2, 0.25) is 0 Å². The number of hydrogen-bond acceptors (Lipinski definition) is 3. The van der Waals surface area contributed by atoms with Crippen molar-refractivity contribution < 1.29 is 14.7 Å². The van der Waals surface area contributed by atoms with E-state index >= 15 is 0 Å². The first-order valence-electron chi connectivity index (χ1n) is 6.23.